The van der Waals surface area contributed by atoms with Crippen molar-refractivity contribution in [1.82, 2.24) is 21.0 Å². The smallest absolute Gasteiger partial charge is 0.308 e. The molecule has 116 valence electrons. The fourth-order valence-corrected chi connectivity index (χ4v) is 1.96. The molecule has 0 aliphatic carbocycles. The third-order valence-corrected chi connectivity index (χ3v) is 3.21. The molecule has 7 heteroatoms. The predicted octanol–water partition coefficient (Wildman–Crippen LogP) is 2.05. The minimum atomic E-state index is -0.587. The molecule has 3 rings (SSSR count). The number of hydrazine groups is 1. The van der Waals surface area contributed by atoms with Crippen molar-refractivity contribution in [2.24, 2.45) is 0 Å². The summed E-state index contributed by atoms with van der Waals surface area (Å²) in [5.74, 6) is -1.04. The lowest BCUT2D eigenvalue weighted by molar-refractivity contribution is 0.0823. The molecule has 2 heterocycles. The summed E-state index contributed by atoms with van der Waals surface area (Å²) < 4.78 is 5.01. The molecule has 0 unspecified atom stereocenters. The number of benzene rings is 1. The molecule has 0 radical (unpaired) electrons. The van der Waals surface area contributed by atoms with Crippen molar-refractivity contribution in [2.45, 2.75) is 6.92 Å². The van der Waals surface area contributed by atoms with Crippen molar-refractivity contribution in [1.29, 1.82) is 0 Å². The van der Waals surface area contributed by atoms with Crippen molar-refractivity contribution in [3.63, 3.8) is 0 Å². The first-order valence-electron chi connectivity index (χ1n) is 6.91. The summed E-state index contributed by atoms with van der Waals surface area (Å²) in [5, 5.41) is 3.86. The highest BCUT2D eigenvalue weighted by Crippen LogP contribution is 2.19. The zero-order chi connectivity index (χ0) is 16.2. The Labute approximate surface area is 131 Å². The second-order valence-corrected chi connectivity index (χ2v) is 4.93. The van der Waals surface area contributed by atoms with Gasteiger partial charge in [-0.2, -0.15) is 0 Å². The van der Waals surface area contributed by atoms with E-state index in [0.29, 0.717) is 11.4 Å². The molecule has 0 saturated heterocycles. The van der Waals surface area contributed by atoms with Crippen molar-refractivity contribution >= 4 is 11.8 Å². The van der Waals surface area contributed by atoms with Gasteiger partial charge in [0.1, 0.15) is 11.4 Å². The maximum absolute atomic E-state index is 11.9. The fourth-order valence-electron chi connectivity index (χ4n) is 1.96. The van der Waals surface area contributed by atoms with Crippen LogP contribution in [0.1, 0.15) is 26.6 Å². The molecule has 0 aliphatic rings. The van der Waals surface area contributed by atoms with Gasteiger partial charge in [0.15, 0.2) is 0 Å². The summed E-state index contributed by atoms with van der Waals surface area (Å²) in [5.41, 5.74) is 7.40. The standard InChI is InChI=1S/C16H14N4O3/c1-10-4-6-11(7-5-10)13-9-14(23-20-13)16(22)19-18-15(21)12-3-2-8-17-12/h2-9,17H,1H3,(H,18,21)(H,19,22). The Kier molecular flexibility index (Phi) is 3.92. The topological polar surface area (TPSA) is 100 Å². The van der Waals surface area contributed by atoms with E-state index in [9.17, 15) is 9.59 Å². The fraction of sp³-hybridized carbons (Fsp3) is 0.0625. The van der Waals surface area contributed by atoms with Gasteiger partial charge in [0.05, 0.1) is 0 Å². The second kappa shape index (κ2) is 6.18. The number of aryl methyl sites for hydroxylation is 1. The maximum atomic E-state index is 11.9. The van der Waals surface area contributed by atoms with Gasteiger partial charge in [0.2, 0.25) is 5.76 Å². The first-order valence-corrected chi connectivity index (χ1v) is 6.91. The monoisotopic (exact) mass is 310 g/mol. The molecule has 7 nitrogen and oxygen atoms in total. The Morgan fingerprint density at radius 2 is 1.83 bits per heavy atom. The van der Waals surface area contributed by atoms with Gasteiger partial charge < -0.3 is 9.51 Å². The van der Waals surface area contributed by atoms with Crippen LogP contribution < -0.4 is 10.9 Å². The summed E-state index contributed by atoms with van der Waals surface area (Å²) >= 11 is 0. The van der Waals surface area contributed by atoms with Crippen LogP contribution in [-0.2, 0) is 0 Å². The quantitative estimate of drug-likeness (QED) is 0.645. The average molecular weight is 310 g/mol. The zero-order valence-corrected chi connectivity index (χ0v) is 12.3. The second-order valence-electron chi connectivity index (χ2n) is 4.93. The highest BCUT2D eigenvalue weighted by molar-refractivity contribution is 5.97. The molecule has 2 aromatic heterocycles. The van der Waals surface area contributed by atoms with E-state index >= 15 is 0 Å². The van der Waals surface area contributed by atoms with Crippen molar-refractivity contribution in [3.05, 3.63) is 65.7 Å². The average Bonchev–Trinajstić information content (AvgIpc) is 3.24. The number of nitrogens with one attached hydrogen (secondary N) is 3. The van der Waals surface area contributed by atoms with E-state index in [0.717, 1.165) is 11.1 Å². The normalized spacial score (nSPS) is 10.3. The number of aromatic nitrogens is 2. The molecule has 0 spiro atoms. The number of hydrogen-bond acceptors (Lipinski definition) is 4. The van der Waals surface area contributed by atoms with Gasteiger partial charge in [-0.15, -0.1) is 0 Å². The molecule has 1 aromatic carbocycles. The number of carbonyl (C=O) groups excluding carboxylic acids is 2. The van der Waals surface area contributed by atoms with Gasteiger partial charge in [-0.1, -0.05) is 35.0 Å². The molecule has 2 amide bonds. The Morgan fingerprint density at radius 3 is 2.52 bits per heavy atom. The molecule has 0 atom stereocenters. The lowest BCUT2D eigenvalue weighted by atomic mass is 10.1. The molecule has 0 fully saturated rings. The lowest BCUT2D eigenvalue weighted by Gasteiger charge is -2.03. The molecular formula is C16H14N4O3. The molecule has 0 aliphatic heterocycles. The van der Waals surface area contributed by atoms with E-state index in [1.807, 2.05) is 31.2 Å². The molecular weight excluding hydrogens is 296 g/mol. The number of rotatable bonds is 3. The highest BCUT2D eigenvalue weighted by atomic mass is 16.5. The highest BCUT2D eigenvalue weighted by Gasteiger charge is 2.15. The third kappa shape index (κ3) is 3.29. The van der Waals surface area contributed by atoms with Crippen LogP contribution in [0.3, 0.4) is 0 Å². The summed E-state index contributed by atoms with van der Waals surface area (Å²) in [4.78, 5) is 26.4. The Morgan fingerprint density at radius 1 is 1.09 bits per heavy atom. The van der Waals surface area contributed by atoms with Crippen LogP contribution in [0.4, 0.5) is 0 Å². The Balaban J connectivity index is 1.64. The summed E-state index contributed by atoms with van der Waals surface area (Å²) in [6.45, 7) is 1.98. The van der Waals surface area contributed by atoms with Crippen molar-refractivity contribution in [3.8, 4) is 11.3 Å². The van der Waals surface area contributed by atoms with Gasteiger partial charge >= 0.3 is 5.91 Å². The molecule has 0 saturated carbocycles. The van der Waals surface area contributed by atoms with E-state index in [-0.39, 0.29) is 5.76 Å². The minimum absolute atomic E-state index is 0.00682. The summed E-state index contributed by atoms with van der Waals surface area (Å²) in [7, 11) is 0. The Bertz CT molecular complexity index is 819. The van der Waals surface area contributed by atoms with E-state index in [2.05, 4.69) is 21.0 Å². The maximum Gasteiger partial charge on any atom is 0.308 e. The van der Waals surface area contributed by atoms with Crippen molar-refractivity contribution < 1.29 is 14.1 Å². The number of nitrogens with zero attached hydrogens (tertiary/aromatic N) is 1. The van der Waals surface area contributed by atoms with Gasteiger partial charge in [0.25, 0.3) is 5.91 Å². The molecule has 0 bridgehead atoms. The SMILES string of the molecule is Cc1ccc(-c2cc(C(=O)NNC(=O)c3ccc[nH]3)on2)cc1. The lowest BCUT2D eigenvalue weighted by Crippen LogP contribution is -2.41. The minimum Gasteiger partial charge on any atom is -0.357 e. The van der Waals surface area contributed by atoms with Gasteiger partial charge in [-0.05, 0) is 19.1 Å². The van der Waals surface area contributed by atoms with E-state index in [4.69, 9.17) is 4.52 Å². The number of H-pyrrole nitrogens is 1. The Hall–Kier alpha value is -3.35. The van der Waals surface area contributed by atoms with Gasteiger partial charge in [0, 0.05) is 17.8 Å². The van der Waals surface area contributed by atoms with E-state index in [1.165, 1.54) is 6.07 Å². The number of hydrogen-bond donors (Lipinski definition) is 3. The predicted molar refractivity (Wildman–Crippen MR) is 82.4 cm³/mol. The van der Waals surface area contributed by atoms with Crippen LogP contribution >= 0.6 is 0 Å². The van der Waals surface area contributed by atoms with E-state index < -0.39 is 11.8 Å². The van der Waals surface area contributed by atoms with Gasteiger partial charge in [-0.25, -0.2) is 0 Å². The van der Waals surface area contributed by atoms with Crippen LogP contribution in [0.2, 0.25) is 0 Å². The number of aromatic amines is 1. The van der Waals surface area contributed by atoms with Crippen LogP contribution in [-0.4, -0.2) is 22.0 Å². The summed E-state index contributed by atoms with van der Waals surface area (Å²) in [6.07, 6.45) is 1.61. The van der Waals surface area contributed by atoms with Gasteiger partial charge in [-0.3, -0.25) is 20.4 Å². The number of carbonyl (C=O) groups is 2. The first kappa shape index (κ1) is 14.6. The van der Waals surface area contributed by atoms with Crippen LogP contribution in [0.25, 0.3) is 11.3 Å². The number of amides is 2. The van der Waals surface area contributed by atoms with Crippen LogP contribution in [0.15, 0.2) is 53.2 Å². The zero-order valence-electron chi connectivity index (χ0n) is 12.3. The van der Waals surface area contributed by atoms with Crippen molar-refractivity contribution in [2.75, 3.05) is 0 Å². The van der Waals surface area contributed by atoms with Crippen LogP contribution in [0.5, 0.6) is 0 Å². The van der Waals surface area contributed by atoms with Crippen LogP contribution in [0, 0.1) is 6.92 Å². The largest absolute Gasteiger partial charge is 0.357 e. The molecule has 3 N–H and O–H groups in total. The molecule has 3 aromatic rings. The van der Waals surface area contributed by atoms with E-state index in [1.54, 1.807) is 18.3 Å². The first-order chi connectivity index (χ1) is 11.1. The summed E-state index contributed by atoms with van der Waals surface area (Å²) in [6, 6.07) is 12.5. The molecule has 23 heavy (non-hydrogen) atoms. The third-order valence-electron chi connectivity index (χ3n) is 3.21.